The molecule has 1 aromatic heterocycles. The number of aryl methyl sites for hydroxylation is 2. The number of halogens is 1. The van der Waals surface area contributed by atoms with Crippen LogP contribution in [0.15, 0.2) is 71.9 Å². The number of allylic oxidation sites excluding steroid dienone is 1. The van der Waals surface area contributed by atoms with E-state index in [-0.39, 0.29) is 12.5 Å². The number of amides is 1. The molecule has 10 heteroatoms. The molecule has 0 radical (unpaired) electrons. The van der Waals surface area contributed by atoms with Crippen molar-refractivity contribution in [2.24, 2.45) is 0 Å². The Morgan fingerprint density at radius 3 is 2.64 bits per heavy atom. The number of aromatic nitrogens is 4. The van der Waals surface area contributed by atoms with E-state index in [2.05, 4.69) is 26.2 Å². The molecular formula is C29H29ClN6O3. The number of carbonyl (C=O) groups excluding carboxylic acids is 1. The molecule has 1 amide bonds. The number of nitrogens with one attached hydrogen (secondary N) is 2. The lowest BCUT2D eigenvalue weighted by atomic mass is 9.94. The molecule has 4 aromatic rings. The van der Waals surface area contributed by atoms with Gasteiger partial charge in [0.1, 0.15) is 12.6 Å². The average Bonchev–Trinajstić information content (AvgIpc) is 3.37. The van der Waals surface area contributed by atoms with Gasteiger partial charge in [-0.1, -0.05) is 58.7 Å². The van der Waals surface area contributed by atoms with Gasteiger partial charge in [-0.05, 0) is 73.5 Å². The molecule has 3 aromatic carbocycles. The lowest BCUT2D eigenvalue weighted by Gasteiger charge is -2.28. The van der Waals surface area contributed by atoms with Crippen molar-refractivity contribution in [3.8, 4) is 11.5 Å². The Morgan fingerprint density at radius 1 is 1.05 bits per heavy atom. The molecule has 39 heavy (non-hydrogen) atoms. The molecule has 1 aliphatic heterocycles. The maximum Gasteiger partial charge on any atom is 0.255 e. The van der Waals surface area contributed by atoms with Gasteiger partial charge >= 0.3 is 0 Å². The number of carbonyl (C=O) groups is 1. The summed E-state index contributed by atoms with van der Waals surface area (Å²) < 4.78 is 13.6. The maximum atomic E-state index is 13.7. The molecular weight excluding hydrogens is 516 g/mol. The SMILES string of the molecule is CCOc1cc(C2C(C(=O)Nc3ccc(C)cc3C)=C(C)Nc3nnnn32)ccc1OCc1ccccc1Cl. The van der Waals surface area contributed by atoms with Gasteiger partial charge in [0.05, 0.1) is 12.2 Å². The van der Waals surface area contributed by atoms with E-state index in [1.165, 1.54) is 0 Å². The first-order chi connectivity index (χ1) is 18.9. The molecule has 0 saturated heterocycles. The third-order valence-corrected chi connectivity index (χ3v) is 6.88. The van der Waals surface area contributed by atoms with Gasteiger partial charge in [0, 0.05) is 22.0 Å². The number of hydrogen-bond acceptors (Lipinski definition) is 7. The van der Waals surface area contributed by atoms with Crippen LogP contribution in [-0.2, 0) is 11.4 Å². The van der Waals surface area contributed by atoms with Crippen LogP contribution in [0.4, 0.5) is 11.6 Å². The molecule has 0 fully saturated rings. The summed E-state index contributed by atoms with van der Waals surface area (Å²) in [5, 5.41) is 19.0. The zero-order valence-electron chi connectivity index (χ0n) is 22.2. The van der Waals surface area contributed by atoms with Crippen molar-refractivity contribution in [2.45, 2.75) is 40.3 Å². The smallest absolute Gasteiger partial charge is 0.255 e. The number of hydrogen-bond donors (Lipinski definition) is 2. The van der Waals surface area contributed by atoms with E-state index in [1.54, 1.807) is 4.68 Å². The van der Waals surface area contributed by atoms with Gasteiger partial charge < -0.3 is 20.1 Å². The minimum Gasteiger partial charge on any atom is -0.490 e. The molecule has 0 aliphatic carbocycles. The molecule has 0 saturated carbocycles. The first-order valence-electron chi connectivity index (χ1n) is 12.6. The highest BCUT2D eigenvalue weighted by molar-refractivity contribution is 6.31. The van der Waals surface area contributed by atoms with Gasteiger partial charge in [0.25, 0.3) is 5.91 Å². The summed E-state index contributed by atoms with van der Waals surface area (Å²) in [5.74, 6) is 1.29. The van der Waals surface area contributed by atoms with Gasteiger partial charge in [-0.3, -0.25) is 4.79 Å². The Bertz CT molecular complexity index is 1560. The van der Waals surface area contributed by atoms with Crippen molar-refractivity contribution >= 4 is 29.1 Å². The quantitative estimate of drug-likeness (QED) is 0.287. The number of fused-ring (bicyclic) bond motifs is 1. The van der Waals surface area contributed by atoms with Crippen LogP contribution >= 0.6 is 11.6 Å². The second kappa shape index (κ2) is 11.2. The third kappa shape index (κ3) is 5.44. The fourth-order valence-electron chi connectivity index (χ4n) is 4.61. The first-order valence-corrected chi connectivity index (χ1v) is 13.0. The zero-order chi connectivity index (χ0) is 27.5. The highest BCUT2D eigenvalue weighted by Crippen LogP contribution is 2.39. The average molecular weight is 545 g/mol. The number of tetrazole rings is 1. The summed E-state index contributed by atoms with van der Waals surface area (Å²) >= 11 is 6.31. The van der Waals surface area contributed by atoms with Crippen LogP contribution in [0, 0.1) is 13.8 Å². The summed E-state index contributed by atoms with van der Waals surface area (Å²) in [4.78, 5) is 13.7. The molecule has 5 rings (SSSR count). The highest BCUT2D eigenvalue weighted by Gasteiger charge is 2.34. The number of anilines is 2. The molecule has 2 N–H and O–H groups in total. The standard InChI is InChI=1S/C29H29ClN6O3/c1-5-38-25-15-20(11-13-24(25)39-16-21-8-6-7-9-22(21)30)27-26(19(4)31-29-33-34-35-36(27)29)28(37)32-23-12-10-17(2)14-18(23)3/h6-15,27H,5,16H2,1-4H3,(H,32,37)(H,31,33,35). The van der Waals surface area contributed by atoms with E-state index in [0.717, 1.165) is 27.9 Å². The van der Waals surface area contributed by atoms with Crippen molar-refractivity contribution in [2.75, 3.05) is 17.2 Å². The fourth-order valence-corrected chi connectivity index (χ4v) is 4.80. The Hall–Kier alpha value is -4.37. The van der Waals surface area contributed by atoms with Crippen molar-refractivity contribution in [3.63, 3.8) is 0 Å². The van der Waals surface area contributed by atoms with E-state index in [4.69, 9.17) is 21.1 Å². The minimum atomic E-state index is -0.598. The predicted octanol–water partition coefficient (Wildman–Crippen LogP) is 5.85. The van der Waals surface area contributed by atoms with Crippen molar-refractivity contribution in [1.29, 1.82) is 0 Å². The van der Waals surface area contributed by atoms with E-state index in [9.17, 15) is 4.79 Å². The number of ether oxygens (including phenoxy) is 2. The maximum absolute atomic E-state index is 13.7. The predicted molar refractivity (Wildman–Crippen MR) is 150 cm³/mol. The second-order valence-corrected chi connectivity index (χ2v) is 9.71. The Labute approximate surface area is 231 Å². The van der Waals surface area contributed by atoms with Crippen molar-refractivity contribution in [1.82, 2.24) is 20.2 Å². The van der Waals surface area contributed by atoms with Gasteiger partial charge in [0.2, 0.25) is 5.95 Å². The summed E-state index contributed by atoms with van der Waals surface area (Å²) in [7, 11) is 0. The lowest BCUT2D eigenvalue weighted by Crippen LogP contribution is -2.31. The fraction of sp³-hybridized carbons (Fsp3) is 0.241. The Balaban J connectivity index is 1.50. The highest BCUT2D eigenvalue weighted by atomic mass is 35.5. The van der Waals surface area contributed by atoms with E-state index in [0.29, 0.717) is 40.3 Å². The molecule has 0 spiro atoms. The molecule has 2 heterocycles. The van der Waals surface area contributed by atoms with E-state index >= 15 is 0 Å². The zero-order valence-corrected chi connectivity index (χ0v) is 22.9. The second-order valence-electron chi connectivity index (χ2n) is 9.31. The Morgan fingerprint density at radius 2 is 1.87 bits per heavy atom. The number of rotatable bonds is 8. The van der Waals surface area contributed by atoms with Crippen molar-refractivity contribution < 1.29 is 14.3 Å². The molecule has 1 aliphatic rings. The number of benzene rings is 3. The Kier molecular flexibility index (Phi) is 7.51. The summed E-state index contributed by atoms with van der Waals surface area (Å²) in [6.07, 6.45) is 0. The van der Waals surface area contributed by atoms with Crippen LogP contribution in [0.3, 0.4) is 0 Å². The van der Waals surface area contributed by atoms with Gasteiger partial charge in [-0.15, -0.1) is 0 Å². The monoisotopic (exact) mass is 544 g/mol. The number of nitrogens with zero attached hydrogens (tertiary/aromatic N) is 4. The van der Waals surface area contributed by atoms with E-state index in [1.807, 2.05) is 88.4 Å². The van der Waals surface area contributed by atoms with Gasteiger partial charge in [-0.2, -0.15) is 4.68 Å². The van der Waals surface area contributed by atoms with Crippen LogP contribution < -0.4 is 20.1 Å². The van der Waals surface area contributed by atoms with Crippen molar-refractivity contribution in [3.05, 3.63) is 99.2 Å². The molecule has 1 unspecified atom stereocenters. The normalized spacial score (nSPS) is 14.4. The van der Waals surface area contributed by atoms with Gasteiger partial charge in [-0.25, -0.2) is 0 Å². The van der Waals surface area contributed by atoms with Crippen LogP contribution in [0.1, 0.15) is 42.1 Å². The molecule has 9 nitrogen and oxygen atoms in total. The minimum absolute atomic E-state index is 0.255. The van der Waals surface area contributed by atoms with Crippen LogP contribution in [-0.4, -0.2) is 32.7 Å². The van der Waals surface area contributed by atoms with E-state index < -0.39 is 6.04 Å². The topological polar surface area (TPSA) is 103 Å². The summed E-state index contributed by atoms with van der Waals surface area (Å²) in [6, 6.07) is 18.4. The third-order valence-electron chi connectivity index (χ3n) is 6.51. The molecule has 200 valence electrons. The largest absolute Gasteiger partial charge is 0.490 e. The van der Waals surface area contributed by atoms with Gasteiger partial charge in [0.15, 0.2) is 11.5 Å². The van der Waals surface area contributed by atoms with Crippen LogP contribution in [0.5, 0.6) is 11.5 Å². The summed E-state index contributed by atoms with van der Waals surface area (Å²) in [6.45, 7) is 8.45. The van der Waals surface area contributed by atoms with Crippen LogP contribution in [0.25, 0.3) is 0 Å². The van der Waals surface area contributed by atoms with Crippen LogP contribution in [0.2, 0.25) is 5.02 Å². The summed E-state index contributed by atoms with van der Waals surface area (Å²) in [5.41, 5.74) is 5.62. The molecule has 0 bridgehead atoms. The first kappa shape index (κ1) is 26.2. The lowest BCUT2D eigenvalue weighted by molar-refractivity contribution is -0.113. The molecule has 1 atom stereocenters.